The van der Waals surface area contributed by atoms with Crippen molar-refractivity contribution in [2.75, 3.05) is 6.54 Å². The van der Waals surface area contributed by atoms with Crippen molar-refractivity contribution in [1.82, 2.24) is 10.2 Å². The fraction of sp³-hybridized carbons (Fsp3) is 0.278. The predicted molar refractivity (Wildman–Crippen MR) is 92.0 cm³/mol. The van der Waals surface area contributed by atoms with E-state index in [0.29, 0.717) is 4.88 Å². The molecule has 5 nitrogen and oxygen atoms in total. The van der Waals surface area contributed by atoms with Gasteiger partial charge in [-0.2, -0.15) is 0 Å². The van der Waals surface area contributed by atoms with Gasteiger partial charge in [0.1, 0.15) is 17.2 Å². The van der Waals surface area contributed by atoms with Crippen LogP contribution in [0.3, 0.4) is 0 Å². The molecule has 0 bridgehead atoms. The fourth-order valence-corrected chi connectivity index (χ4v) is 3.72. The van der Waals surface area contributed by atoms with E-state index in [1.165, 1.54) is 18.3 Å². The number of hydrogen-bond acceptors (Lipinski definition) is 4. The molecular formula is C18H16F2N2O3S. The third-order valence-corrected chi connectivity index (χ3v) is 5.60. The molecule has 1 atom stereocenters. The first-order valence-electron chi connectivity index (χ1n) is 7.97. The molecule has 1 aliphatic heterocycles. The first-order chi connectivity index (χ1) is 12.3. The third-order valence-electron chi connectivity index (χ3n) is 4.33. The molecule has 0 radical (unpaired) electrons. The molecule has 0 spiro atoms. The number of aryl methyl sites for hydroxylation is 1. The third kappa shape index (κ3) is 3.01. The maximum Gasteiger partial charge on any atom is 0.325 e. The van der Waals surface area contributed by atoms with E-state index in [9.17, 15) is 23.2 Å². The number of imide groups is 1. The van der Waals surface area contributed by atoms with Crippen molar-refractivity contribution in [3.05, 3.63) is 57.3 Å². The van der Waals surface area contributed by atoms with Crippen molar-refractivity contribution in [1.29, 1.82) is 0 Å². The van der Waals surface area contributed by atoms with Crippen LogP contribution in [0.4, 0.5) is 13.6 Å². The van der Waals surface area contributed by atoms with Gasteiger partial charge >= 0.3 is 6.03 Å². The molecule has 1 aromatic carbocycles. The van der Waals surface area contributed by atoms with Crippen LogP contribution < -0.4 is 5.32 Å². The van der Waals surface area contributed by atoms with E-state index in [4.69, 9.17) is 0 Å². The topological polar surface area (TPSA) is 66.5 Å². The van der Waals surface area contributed by atoms with Crippen molar-refractivity contribution in [2.45, 2.75) is 25.8 Å². The highest BCUT2D eigenvalue weighted by Gasteiger charge is 2.50. The zero-order chi connectivity index (χ0) is 19.1. The second-order valence-corrected chi connectivity index (χ2v) is 7.28. The summed E-state index contributed by atoms with van der Waals surface area (Å²) in [5.41, 5.74) is -2.05. The smallest absolute Gasteiger partial charge is 0.319 e. The molecule has 3 amide bonds. The monoisotopic (exact) mass is 378 g/mol. The van der Waals surface area contributed by atoms with Crippen LogP contribution in [0.5, 0.6) is 0 Å². The van der Waals surface area contributed by atoms with Crippen LogP contribution in [-0.2, 0) is 16.8 Å². The molecule has 1 aromatic heterocycles. The molecular weight excluding hydrogens is 362 g/mol. The van der Waals surface area contributed by atoms with Crippen molar-refractivity contribution in [3.8, 4) is 0 Å². The molecule has 0 saturated carbocycles. The van der Waals surface area contributed by atoms with Crippen LogP contribution in [0.25, 0.3) is 0 Å². The summed E-state index contributed by atoms with van der Waals surface area (Å²) in [6.07, 6.45) is 0.776. The van der Waals surface area contributed by atoms with Crippen LogP contribution >= 0.6 is 11.3 Å². The van der Waals surface area contributed by atoms with Crippen LogP contribution in [0, 0.1) is 11.6 Å². The predicted octanol–water partition coefficient (Wildman–Crippen LogP) is 3.24. The quantitative estimate of drug-likeness (QED) is 0.642. The van der Waals surface area contributed by atoms with Crippen molar-refractivity contribution >= 4 is 29.1 Å². The lowest BCUT2D eigenvalue weighted by molar-refractivity contribution is -0.130. The highest BCUT2D eigenvalue weighted by atomic mass is 32.1. The second-order valence-electron chi connectivity index (χ2n) is 6.11. The van der Waals surface area contributed by atoms with E-state index in [1.54, 1.807) is 6.07 Å². The minimum atomic E-state index is -1.77. The van der Waals surface area contributed by atoms with E-state index in [-0.39, 0.29) is 11.3 Å². The van der Waals surface area contributed by atoms with Gasteiger partial charge in [0.05, 0.1) is 11.4 Å². The number of amides is 3. The number of ketones is 1. The van der Waals surface area contributed by atoms with E-state index in [2.05, 4.69) is 5.32 Å². The van der Waals surface area contributed by atoms with Gasteiger partial charge in [-0.15, -0.1) is 11.3 Å². The average molecular weight is 378 g/mol. The van der Waals surface area contributed by atoms with Crippen LogP contribution in [0.1, 0.15) is 34.0 Å². The maximum atomic E-state index is 14.1. The Morgan fingerprint density at radius 3 is 2.62 bits per heavy atom. The van der Waals surface area contributed by atoms with Gasteiger partial charge in [0, 0.05) is 10.4 Å². The minimum absolute atomic E-state index is 0.282. The summed E-state index contributed by atoms with van der Waals surface area (Å²) in [6, 6.07) is 5.33. The maximum absolute atomic E-state index is 14.1. The number of carbonyl (C=O) groups excluding carboxylic acids is 3. The summed E-state index contributed by atoms with van der Waals surface area (Å²) >= 11 is 1.30. The van der Waals surface area contributed by atoms with Gasteiger partial charge in [0.2, 0.25) is 0 Å². The van der Waals surface area contributed by atoms with Crippen LogP contribution in [0.2, 0.25) is 0 Å². The van der Waals surface area contributed by atoms with Gasteiger partial charge in [0.15, 0.2) is 5.78 Å². The van der Waals surface area contributed by atoms with Crippen molar-refractivity contribution < 1.29 is 23.2 Å². The number of halogens is 2. The Morgan fingerprint density at radius 2 is 1.96 bits per heavy atom. The molecule has 1 aliphatic rings. The summed E-state index contributed by atoms with van der Waals surface area (Å²) in [5, 5.41) is 2.37. The van der Waals surface area contributed by atoms with Gasteiger partial charge in [0.25, 0.3) is 5.91 Å². The van der Waals surface area contributed by atoms with Gasteiger partial charge in [-0.3, -0.25) is 14.5 Å². The molecule has 2 heterocycles. The van der Waals surface area contributed by atoms with E-state index in [1.807, 2.05) is 13.0 Å². The molecule has 0 aliphatic carbocycles. The number of rotatable bonds is 5. The molecule has 8 heteroatoms. The van der Waals surface area contributed by atoms with Crippen LogP contribution in [0.15, 0.2) is 30.3 Å². The number of Topliss-reactive ketones (excluding diaryl/α,β-unsaturated/α-hetero) is 1. The highest BCUT2D eigenvalue weighted by molar-refractivity contribution is 7.14. The van der Waals surface area contributed by atoms with Crippen LogP contribution in [-0.4, -0.2) is 29.2 Å². The van der Waals surface area contributed by atoms with E-state index in [0.717, 1.165) is 34.4 Å². The SMILES string of the molecule is CCc1ccc(C(=O)CN2C(=O)N[C@](C)(c3cc(F)ccc3F)C2=O)s1. The molecule has 1 saturated heterocycles. The normalized spacial score (nSPS) is 19.8. The Kier molecular flexibility index (Phi) is 4.62. The molecule has 1 N–H and O–H groups in total. The number of urea groups is 1. The number of nitrogens with zero attached hydrogens (tertiary/aromatic N) is 1. The van der Waals surface area contributed by atoms with Gasteiger partial charge in [-0.1, -0.05) is 6.92 Å². The highest BCUT2D eigenvalue weighted by Crippen LogP contribution is 2.31. The Hall–Kier alpha value is -2.61. The number of nitrogens with one attached hydrogen (secondary N) is 1. The standard InChI is InChI=1S/C18H16F2N2O3S/c1-3-11-5-7-15(26-11)14(23)9-22-16(24)18(2,21-17(22)25)12-8-10(19)4-6-13(12)20/h4-8H,3,9H2,1-2H3,(H,21,25)/t18-/m1/s1. The fourth-order valence-electron chi connectivity index (χ4n) is 2.84. The number of benzene rings is 1. The zero-order valence-electron chi connectivity index (χ0n) is 14.1. The molecule has 26 heavy (non-hydrogen) atoms. The average Bonchev–Trinajstić information content (AvgIpc) is 3.16. The minimum Gasteiger partial charge on any atom is -0.319 e. The lowest BCUT2D eigenvalue weighted by atomic mass is 9.91. The number of carbonyl (C=O) groups is 3. The Bertz CT molecular complexity index is 912. The van der Waals surface area contributed by atoms with Gasteiger partial charge < -0.3 is 5.32 Å². The summed E-state index contributed by atoms with van der Waals surface area (Å²) < 4.78 is 27.6. The first kappa shape index (κ1) is 18.2. The van der Waals surface area contributed by atoms with Gasteiger partial charge in [-0.25, -0.2) is 13.6 Å². The lowest BCUT2D eigenvalue weighted by Crippen LogP contribution is -2.42. The van der Waals surface area contributed by atoms with Crippen molar-refractivity contribution in [3.63, 3.8) is 0 Å². The molecule has 0 unspecified atom stereocenters. The Labute approximate surface area is 152 Å². The zero-order valence-corrected chi connectivity index (χ0v) is 15.0. The Balaban J connectivity index is 1.86. The Morgan fingerprint density at radius 1 is 1.23 bits per heavy atom. The first-order valence-corrected chi connectivity index (χ1v) is 8.79. The number of thiophene rings is 1. The second kappa shape index (κ2) is 6.60. The number of hydrogen-bond donors (Lipinski definition) is 1. The molecule has 136 valence electrons. The largest absolute Gasteiger partial charge is 0.325 e. The van der Waals surface area contributed by atoms with Crippen molar-refractivity contribution in [2.24, 2.45) is 0 Å². The van der Waals surface area contributed by atoms with E-state index < -0.39 is 35.7 Å². The van der Waals surface area contributed by atoms with Gasteiger partial charge in [-0.05, 0) is 43.7 Å². The van der Waals surface area contributed by atoms with E-state index >= 15 is 0 Å². The lowest BCUT2D eigenvalue weighted by Gasteiger charge is -2.22. The summed E-state index contributed by atoms with van der Waals surface area (Å²) in [4.78, 5) is 39.5. The molecule has 2 aromatic rings. The summed E-state index contributed by atoms with van der Waals surface area (Å²) in [5.74, 6) is -2.73. The summed E-state index contributed by atoms with van der Waals surface area (Å²) in [7, 11) is 0. The summed E-state index contributed by atoms with van der Waals surface area (Å²) in [6.45, 7) is 2.78. The molecule has 3 rings (SSSR count). The molecule has 1 fully saturated rings.